The van der Waals surface area contributed by atoms with Crippen LogP contribution in [0.5, 0.6) is 0 Å². The number of benzene rings is 2. The summed E-state index contributed by atoms with van der Waals surface area (Å²) in [6.45, 7) is 6.24. The number of rotatable bonds is 3. The van der Waals surface area contributed by atoms with Crippen LogP contribution in [0, 0.1) is 6.92 Å². The van der Waals surface area contributed by atoms with Crippen LogP contribution >= 0.6 is 11.6 Å². The second-order valence-electron chi connectivity index (χ2n) is 6.06. The zero-order valence-electron chi connectivity index (χ0n) is 13.7. The van der Waals surface area contributed by atoms with Crippen LogP contribution in [0.25, 0.3) is 0 Å². The van der Waals surface area contributed by atoms with Gasteiger partial charge in [-0.1, -0.05) is 41.4 Å². The quantitative estimate of drug-likeness (QED) is 0.797. The van der Waals surface area contributed by atoms with Gasteiger partial charge in [-0.15, -0.1) is 0 Å². The number of carbonyl (C=O) groups is 1. The van der Waals surface area contributed by atoms with Gasteiger partial charge in [-0.2, -0.15) is 0 Å². The van der Waals surface area contributed by atoms with Crippen molar-refractivity contribution in [2.45, 2.75) is 13.5 Å². The van der Waals surface area contributed by atoms with E-state index in [0.29, 0.717) is 0 Å². The first-order chi connectivity index (χ1) is 11.1. The van der Waals surface area contributed by atoms with Crippen molar-refractivity contribution in [1.29, 1.82) is 0 Å². The Balaban J connectivity index is 0.00000208. The van der Waals surface area contributed by atoms with Crippen molar-refractivity contribution in [3.05, 3.63) is 70.2 Å². The SMILES string of the molecule is Cc1ccc(C(=O)N2CCN(Cc3cccc(Cl)c3)CC2)cc1.[Cl-]. The van der Waals surface area contributed by atoms with Crippen molar-refractivity contribution in [3.63, 3.8) is 0 Å². The minimum absolute atomic E-state index is 0. The molecule has 0 aromatic heterocycles. The van der Waals surface area contributed by atoms with Crippen molar-refractivity contribution in [2.24, 2.45) is 0 Å². The summed E-state index contributed by atoms with van der Waals surface area (Å²) < 4.78 is 0. The van der Waals surface area contributed by atoms with Crippen molar-refractivity contribution in [3.8, 4) is 0 Å². The van der Waals surface area contributed by atoms with Crippen LogP contribution < -0.4 is 12.4 Å². The van der Waals surface area contributed by atoms with Crippen LogP contribution in [0.3, 0.4) is 0 Å². The fourth-order valence-corrected chi connectivity index (χ4v) is 3.09. The zero-order valence-corrected chi connectivity index (χ0v) is 15.2. The second-order valence-corrected chi connectivity index (χ2v) is 6.50. The number of nitrogens with zero attached hydrogens (tertiary/aromatic N) is 2. The molecule has 0 N–H and O–H groups in total. The molecule has 1 aliphatic heterocycles. The molecule has 0 spiro atoms. The van der Waals surface area contributed by atoms with Gasteiger partial charge in [0.05, 0.1) is 0 Å². The molecule has 3 nitrogen and oxygen atoms in total. The first kappa shape index (κ1) is 18.8. The van der Waals surface area contributed by atoms with E-state index in [0.717, 1.165) is 43.3 Å². The molecule has 0 unspecified atom stereocenters. The Morgan fingerprint density at radius 2 is 1.71 bits per heavy atom. The van der Waals surface area contributed by atoms with Gasteiger partial charge in [-0.3, -0.25) is 9.69 Å². The van der Waals surface area contributed by atoms with E-state index in [9.17, 15) is 4.79 Å². The lowest BCUT2D eigenvalue weighted by molar-refractivity contribution is -0.0000156. The van der Waals surface area contributed by atoms with Gasteiger partial charge in [-0.25, -0.2) is 0 Å². The Bertz CT molecular complexity index is 680. The molecule has 3 rings (SSSR count). The van der Waals surface area contributed by atoms with E-state index in [1.807, 2.05) is 54.3 Å². The Labute approximate surface area is 154 Å². The van der Waals surface area contributed by atoms with Crippen molar-refractivity contribution in [1.82, 2.24) is 9.80 Å². The summed E-state index contributed by atoms with van der Waals surface area (Å²) in [5.41, 5.74) is 3.17. The molecule has 2 aromatic carbocycles. The highest BCUT2D eigenvalue weighted by Crippen LogP contribution is 2.15. The largest absolute Gasteiger partial charge is 1.00 e. The third-order valence-corrected chi connectivity index (χ3v) is 4.49. The van der Waals surface area contributed by atoms with Crippen LogP contribution in [-0.4, -0.2) is 41.9 Å². The maximum atomic E-state index is 12.5. The average Bonchev–Trinajstić information content (AvgIpc) is 2.56. The topological polar surface area (TPSA) is 23.6 Å². The molecule has 0 aliphatic carbocycles. The minimum Gasteiger partial charge on any atom is -1.00 e. The zero-order chi connectivity index (χ0) is 16.2. The predicted octanol–water partition coefficient (Wildman–Crippen LogP) is 0.610. The van der Waals surface area contributed by atoms with Crippen LogP contribution in [0.2, 0.25) is 5.02 Å². The third kappa shape index (κ3) is 4.73. The molecule has 2 aromatic rings. The Morgan fingerprint density at radius 3 is 2.33 bits per heavy atom. The molecular weight excluding hydrogens is 343 g/mol. The van der Waals surface area contributed by atoms with E-state index in [4.69, 9.17) is 11.6 Å². The van der Waals surface area contributed by atoms with Gasteiger partial charge in [0.1, 0.15) is 0 Å². The van der Waals surface area contributed by atoms with Crippen LogP contribution in [0.4, 0.5) is 0 Å². The summed E-state index contributed by atoms with van der Waals surface area (Å²) in [6, 6.07) is 15.8. The standard InChI is InChI=1S/C19H21ClN2O.ClH/c1-15-5-7-17(8-6-15)19(23)22-11-9-21(10-12-22)14-16-3-2-4-18(20)13-16;/h2-8,13H,9-12,14H2,1H3;1H/p-1. The Kier molecular flexibility index (Phi) is 6.67. The molecule has 1 heterocycles. The number of amides is 1. The summed E-state index contributed by atoms with van der Waals surface area (Å²) in [5, 5.41) is 0.774. The predicted molar refractivity (Wildman–Crippen MR) is 93.8 cm³/mol. The van der Waals surface area contributed by atoms with Crippen molar-refractivity contribution in [2.75, 3.05) is 26.2 Å². The lowest BCUT2D eigenvalue weighted by atomic mass is 10.1. The van der Waals surface area contributed by atoms with Crippen molar-refractivity contribution < 1.29 is 17.2 Å². The summed E-state index contributed by atoms with van der Waals surface area (Å²) in [7, 11) is 0. The monoisotopic (exact) mass is 363 g/mol. The molecule has 0 bridgehead atoms. The molecule has 1 fully saturated rings. The molecule has 0 saturated carbocycles. The fraction of sp³-hybridized carbons (Fsp3) is 0.316. The highest BCUT2D eigenvalue weighted by atomic mass is 35.5. The van der Waals surface area contributed by atoms with Gasteiger partial charge < -0.3 is 17.3 Å². The van der Waals surface area contributed by atoms with Gasteiger partial charge >= 0.3 is 0 Å². The van der Waals surface area contributed by atoms with E-state index in [1.54, 1.807) is 0 Å². The van der Waals surface area contributed by atoms with Gasteiger partial charge in [0.25, 0.3) is 5.91 Å². The van der Waals surface area contributed by atoms with E-state index < -0.39 is 0 Å². The Hall–Kier alpha value is -1.55. The third-order valence-electron chi connectivity index (χ3n) is 4.25. The molecule has 1 amide bonds. The van der Waals surface area contributed by atoms with Crippen LogP contribution in [-0.2, 0) is 6.54 Å². The number of hydrogen-bond donors (Lipinski definition) is 0. The molecule has 0 atom stereocenters. The number of halogens is 2. The van der Waals surface area contributed by atoms with Gasteiger partial charge in [0.15, 0.2) is 0 Å². The van der Waals surface area contributed by atoms with E-state index in [1.165, 1.54) is 11.1 Å². The maximum Gasteiger partial charge on any atom is 0.253 e. The lowest BCUT2D eigenvalue weighted by Crippen LogP contribution is -3.00. The van der Waals surface area contributed by atoms with Gasteiger partial charge in [-0.05, 0) is 36.8 Å². The number of hydrogen-bond acceptors (Lipinski definition) is 2. The van der Waals surface area contributed by atoms with Gasteiger partial charge in [0, 0.05) is 43.3 Å². The summed E-state index contributed by atoms with van der Waals surface area (Å²) in [4.78, 5) is 16.8. The number of carbonyl (C=O) groups excluding carboxylic acids is 1. The molecule has 1 aliphatic rings. The first-order valence-electron chi connectivity index (χ1n) is 7.94. The summed E-state index contributed by atoms with van der Waals surface area (Å²) in [6.07, 6.45) is 0. The van der Waals surface area contributed by atoms with Crippen LogP contribution in [0.1, 0.15) is 21.5 Å². The minimum atomic E-state index is 0. The maximum absolute atomic E-state index is 12.5. The molecule has 128 valence electrons. The number of aryl methyl sites for hydroxylation is 1. The van der Waals surface area contributed by atoms with E-state index >= 15 is 0 Å². The smallest absolute Gasteiger partial charge is 0.253 e. The summed E-state index contributed by atoms with van der Waals surface area (Å²) >= 11 is 6.03. The van der Waals surface area contributed by atoms with Crippen LogP contribution in [0.15, 0.2) is 48.5 Å². The second kappa shape index (κ2) is 8.52. The molecule has 1 saturated heterocycles. The van der Waals surface area contributed by atoms with E-state index in [-0.39, 0.29) is 18.3 Å². The van der Waals surface area contributed by atoms with Gasteiger partial charge in [0.2, 0.25) is 0 Å². The Morgan fingerprint density at radius 1 is 1.04 bits per heavy atom. The highest BCUT2D eigenvalue weighted by molar-refractivity contribution is 6.30. The lowest BCUT2D eigenvalue weighted by Gasteiger charge is -2.34. The summed E-state index contributed by atoms with van der Waals surface area (Å²) in [5.74, 6) is 0.132. The molecule has 5 heteroatoms. The highest BCUT2D eigenvalue weighted by Gasteiger charge is 2.22. The van der Waals surface area contributed by atoms with Crippen molar-refractivity contribution >= 4 is 17.5 Å². The first-order valence-corrected chi connectivity index (χ1v) is 8.32. The van der Waals surface area contributed by atoms with E-state index in [2.05, 4.69) is 11.0 Å². The number of piperazine rings is 1. The average molecular weight is 364 g/mol. The molecule has 24 heavy (non-hydrogen) atoms. The fourth-order valence-electron chi connectivity index (χ4n) is 2.88. The molecular formula is C19H21Cl2N2O-. The normalized spacial score (nSPS) is 15.0. The molecule has 0 radical (unpaired) electrons.